The summed E-state index contributed by atoms with van der Waals surface area (Å²) < 4.78 is 5.31. The van der Waals surface area contributed by atoms with Gasteiger partial charge in [0.05, 0.1) is 7.11 Å². The average molecular weight is 272 g/mol. The van der Waals surface area contributed by atoms with E-state index in [1.54, 1.807) is 19.4 Å². The van der Waals surface area contributed by atoms with Gasteiger partial charge in [0.2, 0.25) is 0 Å². The number of hydrogen-bond acceptors (Lipinski definition) is 3. The number of hydrogen-bond donors (Lipinski definition) is 2. The third kappa shape index (κ3) is 3.71. The van der Waals surface area contributed by atoms with Gasteiger partial charge in [-0.3, -0.25) is 5.32 Å². The van der Waals surface area contributed by atoms with Crippen molar-refractivity contribution in [2.45, 2.75) is 12.8 Å². The van der Waals surface area contributed by atoms with Gasteiger partial charge < -0.3 is 9.84 Å². The van der Waals surface area contributed by atoms with Gasteiger partial charge in [0.25, 0.3) is 0 Å². The molecule has 1 aromatic carbocycles. The Morgan fingerprint density at radius 2 is 2.10 bits per heavy atom. The maximum absolute atomic E-state index is 10.6. The van der Waals surface area contributed by atoms with E-state index in [4.69, 9.17) is 9.84 Å². The number of nitrogens with zero attached hydrogens (tertiary/aromatic N) is 1. The first kappa shape index (κ1) is 13.9. The van der Waals surface area contributed by atoms with Crippen LogP contribution in [0.3, 0.4) is 0 Å². The van der Waals surface area contributed by atoms with E-state index in [0.717, 1.165) is 29.7 Å². The summed E-state index contributed by atoms with van der Waals surface area (Å²) in [6.45, 7) is 0. The van der Waals surface area contributed by atoms with Crippen molar-refractivity contribution in [3.63, 3.8) is 0 Å². The van der Waals surface area contributed by atoms with E-state index in [-0.39, 0.29) is 0 Å². The standard InChI is InChI=1S/C15H16N2O3/c1-20-13-5-3-2-4-12(13)7-6-11-8-9-16-14(10-11)17-15(18)19/h2-5,8-10H,6-7H2,1H3,(H,16,17)(H,18,19). The molecule has 0 saturated carbocycles. The van der Waals surface area contributed by atoms with Crippen molar-refractivity contribution >= 4 is 11.9 Å². The number of carboxylic acid groups (broad SMARTS) is 1. The van der Waals surface area contributed by atoms with Gasteiger partial charge in [-0.05, 0) is 42.2 Å². The summed E-state index contributed by atoms with van der Waals surface area (Å²) >= 11 is 0. The van der Waals surface area contributed by atoms with E-state index in [1.807, 2.05) is 30.3 Å². The van der Waals surface area contributed by atoms with Crippen LogP contribution in [0.1, 0.15) is 11.1 Å². The highest BCUT2D eigenvalue weighted by Gasteiger charge is 2.04. The predicted octanol–water partition coefficient (Wildman–Crippen LogP) is 2.97. The lowest BCUT2D eigenvalue weighted by Gasteiger charge is -2.08. The molecule has 20 heavy (non-hydrogen) atoms. The van der Waals surface area contributed by atoms with Crippen LogP contribution < -0.4 is 10.1 Å². The lowest BCUT2D eigenvalue weighted by Crippen LogP contribution is -2.09. The fourth-order valence-corrected chi connectivity index (χ4v) is 2.00. The molecule has 1 aromatic heterocycles. The molecule has 0 atom stereocenters. The molecule has 0 aliphatic heterocycles. The molecular weight excluding hydrogens is 256 g/mol. The van der Waals surface area contributed by atoms with Gasteiger partial charge >= 0.3 is 6.09 Å². The number of carbonyl (C=O) groups is 1. The molecular formula is C15H16N2O3. The molecule has 1 amide bonds. The number of nitrogens with one attached hydrogen (secondary N) is 1. The molecule has 104 valence electrons. The van der Waals surface area contributed by atoms with Crippen molar-refractivity contribution in [2.75, 3.05) is 12.4 Å². The summed E-state index contributed by atoms with van der Waals surface area (Å²) in [5.41, 5.74) is 2.15. The minimum absolute atomic E-state index is 0.343. The summed E-state index contributed by atoms with van der Waals surface area (Å²) in [5.74, 6) is 1.21. The number of benzene rings is 1. The Kier molecular flexibility index (Phi) is 4.55. The second-order valence-corrected chi connectivity index (χ2v) is 4.29. The third-order valence-electron chi connectivity index (χ3n) is 2.93. The minimum atomic E-state index is -1.11. The summed E-state index contributed by atoms with van der Waals surface area (Å²) in [6.07, 6.45) is 2.10. The normalized spacial score (nSPS) is 10.1. The van der Waals surface area contributed by atoms with Gasteiger partial charge in [0, 0.05) is 6.20 Å². The molecule has 0 unspecified atom stereocenters. The Balaban J connectivity index is 2.05. The van der Waals surface area contributed by atoms with Crippen molar-refractivity contribution in [1.82, 2.24) is 4.98 Å². The molecule has 0 aliphatic carbocycles. The van der Waals surface area contributed by atoms with Crippen molar-refractivity contribution < 1.29 is 14.6 Å². The fraction of sp³-hybridized carbons (Fsp3) is 0.200. The largest absolute Gasteiger partial charge is 0.496 e. The molecule has 1 heterocycles. The van der Waals surface area contributed by atoms with Crippen LogP contribution in [0.4, 0.5) is 10.6 Å². The number of anilines is 1. The zero-order chi connectivity index (χ0) is 14.4. The molecule has 0 fully saturated rings. The van der Waals surface area contributed by atoms with Crippen molar-refractivity contribution in [1.29, 1.82) is 0 Å². The number of methoxy groups -OCH3 is 1. The topological polar surface area (TPSA) is 71.5 Å². The van der Waals surface area contributed by atoms with E-state index in [9.17, 15) is 4.79 Å². The van der Waals surface area contributed by atoms with Crippen molar-refractivity contribution in [3.8, 4) is 5.75 Å². The molecule has 0 spiro atoms. The monoisotopic (exact) mass is 272 g/mol. The van der Waals surface area contributed by atoms with E-state index >= 15 is 0 Å². The number of para-hydroxylation sites is 1. The van der Waals surface area contributed by atoms with Gasteiger partial charge in [-0.1, -0.05) is 18.2 Å². The Labute approximate surface area is 117 Å². The first-order valence-electron chi connectivity index (χ1n) is 6.26. The zero-order valence-electron chi connectivity index (χ0n) is 11.2. The van der Waals surface area contributed by atoms with Crippen LogP contribution >= 0.6 is 0 Å². The number of ether oxygens (including phenoxy) is 1. The van der Waals surface area contributed by atoms with Gasteiger partial charge in [0.15, 0.2) is 0 Å². The van der Waals surface area contributed by atoms with Gasteiger partial charge in [-0.25, -0.2) is 9.78 Å². The van der Waals surface area contributed by atoms with E-state index in [1.165, 1.54) is 0 Å². The lowest BCUT2D eigenvalue weighted by atomic mass is 10.0. The highest BCUT2D eigenvalue weighted by Crippen LogP contribution is 2.19. The zero-order valence-corrected chi connectivity index (χ0v) is 11.2. The fourth-order valence-electron chi connectivity index (χ4n) is 2.00. The second kappa shape index (κ2) is 6.56. The third-order valence-corrected chi connectivity index (χ3v) is 2.93. The number of rotatable bonds is 5. The van der Waals surface area contributed by atoms with Gasteiger partial charge in [-0.15, -0.1) is 0 Å². The van der Waals surface area contributed by atoms with E-state index in [0.29, 0.717) is 5.82 Å². The van der Waals surface area contributed by atoms with Gasteiger partial charge in [-0.2, -0.15) is 0 Å². The first-order valence-corrected chi connectivity index (χ1v) is 6.26. The molecule has 0 bridgehead atoms. The summed E-state index contributed by atoms with van der Waals surface area (Å²) in [4.78, 5) is 14.5. The van der Waals surface area contributed by atoms with Crippen molar-refractivity contribution in [2.24, 2.45) is 0 Å². The first-order chi connectivity index (χ1) is 9.69. The Morgan fingerprint density at radius 3 is 2.85 bits per heavy atom. The molecule has 2 rings (SSSR count). The highest BCUT2D eigenvalue weighted by molar-refractivity contribution is 5.81. The Morgan fingerprint density at radius 1 is 1.30 bits per heavy atom. The highest BCUT2D eigenvalue weighted by atomic mass is 16.5. The number of aromatic nitrogens is 1. The summed E-state index contributed by atoms with van der Waals surface area (Å²) in [5, 5.41) is 10.9. The number of pyridine rings is 1. The van der Waals surface area contributed by atoms with Crippen LogP contribution in [0.25, 0.3) is 0 Å². The predicted molar refractivity (Wildman–Crippen MR) is 76.3 cm³/mol. The molecule has 0 radical (unpaired) electrons. The van der Waals surface area contributed by atoms with Crippen LogP contribution in [-0.4, -0.2) is 23.3 Å². The van der Waals surface area contributed by atoms with E-state index in [2.05, 4.69) is 10.3 Å². The quantitative estimate of drug-likeness (QED) is 0.877. The number of aryl methyl sites for hydroxylation is 2. The smallest absolute Gasteiger partial charge is 0.410 e. The summed E-state index contributed by atoms with van der Waals surface area (Å²) in [7, 11) is 1.65. The SMILES string of the molecule is COc1ccccc1CCc1ccnc(NC(=O)O)c1. The number of amides is 1. The van der Waals surface area contributed by atoms with Crippen LogP contribution in [0.5, 0.6) is 5.75 Å². The second-order valence-electron chi connectivity index (χ2n) is 4.29. The maximum Gasteiger partial charge on any atom is 0.410 e. The summed E-state index contributed by atoms with van der Waals surface area (Å²) in [6, 6.07) is 11.5. The van der Waals surface area contributed by atoms with E-state index < -0.39 is 6.09 Å². The molecule has 2 aromatic rings. The van der Waals surface area contributed by atoms with Crippen LogP contribution in [0.15, 0.2) is 42.6 Å². The average Bonchev–Trinajstić information content (AvgIpc) is 2.45. The van der Waals surface area contributed by atoms with Crippen LogP contribution in [-0.2, 0) is 12.8 Å². The van der Waals surface area contributed by atoms with Crippen LogP contribution in [0, 0.1) is 0 Å². The Bertz CT molecular complexity index is 599. The molecule has 5 nitrogen and oxygen atoms in total. The molecule has 0 aliphatic rings. The minimum Gasteiger partial charge on any atom is -0.496 e. The Hall–Kier alpha value is -2.56. The lowest BCUT2D eigenvalue weighted by molar-refractivity contribution is 0.209. The van der Waals surface area contributed by atoms with Crippen molar-refractivity contribution in [3.05, 3.63) is 53.7 Å². The van der Waals surface area contributed by atoms with Gasteiger partial charge in [0.1, 0.15) is 11.6 Å². The molecule has 5 heteroatoms. The molecule has 2 N–H and O–H groups in total. The maximum atomic E-state index is 10.6. The van der Waals surface area contributed by atoms with Crippen LogP contribution in [0.2, 0.25) is 0 Å². The molecule has 0 saturated heterocycles.